The van der Waals surface area contributed by atoms with E-state index in [9.17, 15) is 0 Å². The predicted octanol–water partition coefficient (Wildman–Crippen LogP) is 1.60. The molecular formula is C13H22N6. The lowest BCUT2D eigenvalue weighted by Crippen LogP contribution is -2.13. The minimum atomic E-state index is 0.387. The molecule has 2 aromatic heterocycles. The van der Waals surface area contributed by atoms with Crippen molar-refractivity contribution in [2.75, 3.05) is 6.54 Å². The Morgan fingerprint density at radius 2 is 2.16 bits per heavy atom. The molecule has 0 aromatic carbocycles. The summed E-state index contributed by atoms with van der Waals surface area (Å²) in [7, 11) is 0. The molecule has 2 heterocycles. The SMILES string of the molecule is CCCNCc1cn(Cc2ccn(C(C)C)n2)nn1. The van der Waals surface area contributed by atoms with Gasteiger partial charge in [-0.2, -0.15) is 5.10 Å². The Kier molecular flexibility index (Phi) is 4.68. The average molecular weight is 262 g/mol. The molecule has 104 valence electrons. The zero-order valence-corrected chi connectivity index (χ0v) is 11.9. The maximum Gasteiger partial charge on any atom is 0.0964 e. The van der Waals surface area contributed by atoms with E-state index < -0.39 is 0 Å². The van der Waals surface area contributed by atoms with Gasteiger partial charge in [-0.05, 0) is 32.9 Å². The molecule has 0 saturated heterocycles. The molecule has 2 rings (SSSR count). The van der Waals surface area contributed by atoms with Crippen molar-refractivity contribution in [2.45, 2.75) is 46.3 Å². The van der Waals surface area contributed by atoms with Crippen LogP contribution in [0.25, 0.3) is 0 Å². The highest BCUT2D eigenvalue weighted by Crippen LogP contribution is 2.05. The van der Waals surface area contributed by atoms with Crippen LogP contribution in [-0.4, -0.2) is 31.3 Å². The minimum Gasteiger partial charge on any atom is -0.311 e. The average Bonchev–Trinajstić information content (AvgIpc) is 3.00. The summed E-state index contributed by atoms with van der Waals surface area (Å²) in [5.74, 6) is 0. The quantitative estimate of drug-likeness (QED) is 0.770. The number of nitrogens with one attached hydrogen (secondary N) is 1. The lowest BCUT2D eigenvalue weighted by Gasteiger charge is -2.03. The van der Waals surface area contributed by atoms with Crippen LogP contribution in [0.5, 0.6) is 0 Å². The number of rotatable bonds is 7. The molecule has 0 aliphatic heterocycles. The Labute approximate surface area is 113 Å². The second kappa shape index (κ2) is 6.47. The third kappa shape index (κ3) is 3.89. The maximum absolute atomic E-state index is 4.50. The Bertz CT molecular complexity index is 499. The minimum absolute atomic E-state index is 0.387. The standard InChI is InChI=1S/C13H22N6/c1-4-6-14-8-13-10-18(17-15-13)9-12-5-7-19(16-12)11(2)3/h5,7,10-11,14H,4,6,8-9H2,1-3H3. The van der Waals surface area contributed by atoms with Crippen LogP contribution in [0, 0.1) is 0 Å². The van der Waals surface area contributed by atoms with Crippen LogP contribution in [-0.2, 0) is 13.1 Å². The first-order valence-electron chi connectivity index (χ1n) is 6.82. The highest BCUT2D eigenvalue weighted by molar-refractivity contribution is 5.01. The lowest BCUT2D eigenvalue weighted by atomic mass is 10.4. The number of hydrogen-bond donors (Lipinski definition) is 1. The third-order valence-corrected chi connectivity index (χ3v) is 2.84. The van der Waals surface area contributed by atoms with Crippen LogP contribution in [0.2, 0.25) is 0 Å². The first-order chi connectivity index (χ1) is 9.19. The van der Waals surface area contributed by atoms with Crippen molar-refractivity contribution in [2.24, 2.45) is 0 Å². The zero-order valence-electron chi connectivity index (χ0n) is 11.9. The van der Waals surface area contributed by atoms with Crippen LogP contribution in [0.4, 0.5) is 0 Å². The van der Waals surface area contributed by atoms with Crippen LogP contribution < -0.4 is 5.32 Å². The Morgan fingerprint density at radius 3 is 2.84 bits per heavy atom. The summed E-state index contributed by atoms with van der Waals surface area (Å²) in [6.45, 7) is 8.82. The van der Waals surface area contributed by atoms with E-state index in [2.05, 4.69) is 41.5 Å². The van der Waals surface area contributed by atoms with Gasteiger partial charge in [-0.3, -0.25) is 4.68 Å². The van der Waals surface area contributed by atoms with Gasteiger partial charge in [0.2, 0.25) is 0 Å². The van der Waals surface area contributed by atoms with Crippen molar-refractivity contribution in [3.8, 4) is 0 Å². The highest BCUT2D eigenvalue weighted by Gasteiger charge is 2.05. The molecule has 0 aliphatic rings. The number of nitrogens with zero attached hydrogens (tertiary/aromatic N) is 5. The van der Waals surface area contributed by atoms with E-state index in [0.29, 0.717) is 12.6 Å². The van der Waals surface area contributed by atoms with E-state index in [0.717, 1.165) is 30.9 Å². The molecule has 1 N–H and O–H groups in total. The van der Waals surface area contributed by atoms with Crippen LogP contribution >= 0.6 is 0 Å². The topological polar surface area (TPSA) is 60.6 Å². The fourth-order valence-electron chi connectivity index (χ4n) is 1.81. The van der Waals surface area contributed by atoms with Gasteiger partial charge >= 0.3 is 0 Å². The second-order valence-corrected chi connectivity index (χ2v) is 4.97. The van der Waals surface area contributed by atoms with Crippen LogP contribution in [0.1, 0.15) is 44.6 Å². The third-order valence-electron chi connectivity index (χ3n) is 2.84. The highest BCUT2D eigenvalue weighted by atomic mass is 15.4. The summed E-state index contributed by atoms with van der Waals surface area (Å²) >= 11 is 0. The van der Waals surface area contributed by atoms with E-state index in [-0.39, 0.29) is 0 Å². The molecule has 0 bridgehead atoms. The Balaban J connectivity index is 1.91. The summed E-state index contributed by atoms with van der Waals surface area (Å²) in [6.07, 6.45) is 5.10. The molecule has 0 amide bonds. The number of aromatic nitrogens is 5. The van der Waals surface area contributed by atoms with Gasteiger partial charge in [0.15, 0.2) is 0 Å². The van der Waals surface area contributed by atoms with Crippen LogP contribution in [0.15, 0.2) is 18.5 Å². The normalized spacial score (nSPS) is 11.4. The van der Waals surface area contributed by atoms with Crippen molar-refractivity contribution in [3.63, 3.8) is 0 Å². The van der Waals surface area contributed by atoms with Crippen molar-refractivity contribution >= 4 is 0 Å². The molecule has 0 saturated carbocycles. The molecule has 6 heteroatoms. The molecular weight excluding hydrogens is 240 g/mol. The summed E-state index contributed by atoms with van der Waals surface area (Å²) in [6, 6.07) is 2.41. The largest absolute Gasteiger partial charge is 0.311 e. The summed E-state index contributed by atoms with van der Waals surface area (Å²) in [5.41, 5.74) is 1.98. The molecule has 0 radical (unpaired) electrons. The maximum atomic E-state index is 4.50. The lowest BCUT2D eigenvalue weighted by molar-refractivity contribution is 0.519. The van der Waals surface area contributed by atoms with Crippen molar-refractivity contribution in [1.29, 1.82) is 0 Å². The summed E-state index contributed by atoms with van der Waals surface area (Å²) in [5, 5.41) is 16.1. The zero-order chi connectivity index (χ0) is 13.7. The fraction of sp³-hybridized carbons (Fsp3) is 0.615. The van der Waals surface area contributed by atoms with Crippen molar-refractivity contribution < 1.29 is 0 Å². The Hall–Kier alpha value is -1.69. The van der Waals surface area contributed by atoms with Gasteiger partial charge in [0, 0.05) is 18.8 Å². The van der Waals surface area contributed by atoms with Crippen molar-refractivity contribution in [1.82, 2.24) is 30.1 Å². The molecule has 0 unspecified atom stereocenters. The van der Waals surface area contributed by atoms with E-state index >= 15 is 0 Å². The smallest absolute Gasteiger partial charge is 0.0964 e. The molecule has 0 atom stereocenters. The van der Waals surface area contributed by atoms with Gasteiger partial charge in [0.25, 0.3) is 0 Å². The van der Waals surface area contributed by atoms with E-state index in [1.807, 2.05) is 27.8 Å². The van der Waals surface area contributed by atoms with E-state index in [4.69, 9.17) is 0 Å². The van der Waals surface area contributed by atoms with Gasteiger partial charge in [-0.15, -0.1) is 5.10 Å². The monoisotopic (exact) mass is 262 g/mol. The van der Waals surface area contributed by atoms with Gasteiger partial charge in [-0.25, -0.2) is 4.68 Å². The molecule has 19 heavy (non-hydrogen) atoms. The summed E-state index contributed by atoms with van der Waals surface area (Å²) < 4.78 is 3.78. The van der Waals surface area contributed by atoms with E-state index in [1.165, 1.54) is 0 Å². The first kappa shape index (κ1) is 13.7. The summed E-state index contributed by atoms with van der Waals surface area (Å²) in [4.78, 5) is 0. The van der Waals surface area contributed by atoms with Gasteiger partial charge < -0.3 is 5.32 Å². The Morgan fingerprint density at radius 1 is 1.32 bits per heavy atom. The first-order valence-corrected chi connectivity index (χ1v) is 6.82. The molecule has 0 aliphatic carbocycles. The molecule has 0 spiro atoms. The van der Waals surface area contributed by atoms with Gasteiger partial charge in [-0.1, -0.05) is 12.1 Å². The van der Waals surface area contributed by atoms with Gasteiger partial charge in [0.1, 0.15) is 0 Å². The molecule has 6 nitrogen and oxygen atoms in total. The molecule has 0 fully saturated rings. The second-order valence-electron chi connectivity index (χ2n) is 4.97. The van der Waals surface area contributed by atoms with Crippen LogP contribution in [0.3, 0.4) is 0 Å². The van der Waals surface area contributed by atoms with Crippen molar-refractivity contribution in [3.05, 3.63) is 29.8 Å². The molecule has 2 aromatic rings. The predicted molar refractivity (Wildman–Crippen MR) is 73.7 cm³/mol. The fourth-order valence-corrected chi connectivity index (χ4v) is 1.81. The van der Waals surface area contributed by atoms with E-state index in [1.54, 1.807) is 0 Å². The van der Waals surface area contributed by atoms with Gasteiger partial charge in [0.05, 0.1) is 24.1 Å². The number of hydrogen-bond acceptors (Lipinski definition) is 4.